The van der Waals surface area contributed by atoms with E-state index in [4.69, 9.17) is 0 Å². The molecule has 7 heteroatoms. The Morgan fingerprint density at radius 1 is 1.14 bits per heavy atom. The molecule has 0 atom stereocenters. The van der Waals surface area contributed by atoms with Gasteiger partial charge in [0, 0.05) is 11.9 Å². The van der Waals surface area contributed by atoms with Gasteiger partial charge in [0.1, 0.15) is 0 Å². The summed E-state index contributed by atoms with van der Waals surface area (Å²) in [6.07, 6.45) is 5.25. The highest BCUT2D eigenvalue weighted by Crippen LogP contribution is 2.37. The van der Waals surface area contributed by atoms with Crippen molar-refractivity contribution in [2.24, 2.45) is 5.41 Å². The minimum absolute atomic E-state index is 0.0934. The van der Waals surface area contributed by atoms with Crippen LogP contribution in [0.25, 0.3) is 0 Å². The zero-order valence-corrected chi connectivity index (χ0v) is 13.9. The summed E-state index contributed by atoms with van der Waals surface area (Å²) in [7, 11) is -3.82. The Balaban J connectivity index is 2.11. The van der Waals surface area contributed by atoms with Gasteiger partial charge in [-0.1, -0.05) is 35.2 Å². The van der Waals surface area contributed by atoms with Crippen molar-refractivity contribution in [3.05, 3.63) is 29.8 Å². The fourth-order valence-corrected chi connectivity index (χ4v) is 4.56. The third kappa shape index (κ3) is 4.02. The summed E-state index contributed by atoms with van der Waals surface area (Å²) >= 11 is 3.47. The second-order valence-corrected chi connectivity index (χ2v) is 7.92. The molecule has 1 saturated carbocycles. The van der Waals surface area contributed by atoms with Crippen molar-refractivity contribution in [1.29, 1.82) is 0 Å². The fourth-order valence-electron chi connectivity index (χ4n) is 2.63. The van der Waals surface area contributed by atoms with Crippen LogP contribution in [0.15, 0.2) is 23.1 Å². The number of sulfonamides is 1. The zero-order chi connectivity index (χ0) is 15.5. The maximum atomic E-state index is 13.2. The zero-order valence-electron chi connectivity index (χ0n) is 11.5. The van der Waals surface area contributed by atoms with Crippen LogP contribution in [0.2, 0.25) is 0 Å². The number of halogens is 3. The maximum absolute atomic E-state index is 13.2. The van der Waals surface area contributed by atoms with Crippen molar-refractivity contribution < 1.29 is 17.2 Å². The van der Waals surface area contributed by atoms with Gasteiger partial charge in [-0.2, -0.15) is 0 Å². The Bertz CT molecular complexity index is 601. The number of nitrogens with one attached hydrogen (secondary N) is 1. The number of hydrogen-bond acceptors (Lipinski definition) is 2. The minimum Gasteiger partial charge on any atom is -0.211 e. The molecule has 1 aliphatic carbocycles. The van der Waals surface area contributed by atoms with Crippen molar-refractivity contribution in [2.75, 3.05) is 11.9 Å². The molecule has 0 saturated heterocycles. The van der Waals surface area contributed by atoms with Crippen LogP contribution in [-0.4, -0.2) is 20.3 Å². The Morgan fingerprint density at radius 3 is 2.38 bits per heavy atom. The second kappa shape index (κ2) is 6.71. The lowest BCUT2D eigenvalue weighted by atomic mass is 9.76. The van der Waals surface area contributed by atoms with Crippen LogP contribution < -0.4 is 4.72 Å². The van der Waals surface area contributed by atoms with Gasteiger partial charge in [0.25, 0.3) is 0 Å². The van der Waals surface area contributed by atoms with Gasteiger partial charge in [-0.25, -0.2) is 21.9 Å². The molecule has 1 N–H and O–H groups in total. The molecular weight excluding hydrogens is 364 g/mol. The fraction of sp³-hybridized carbons (Fsp3) is 0.571. The lowest BCUT2D eigenvalue weighted by molar-refractivity contribution is 0.227. The van der Waals surface area contributed by atoms with Crippen LogP contribution in [0.3, 0.4) is 0 Å². The van der Waals surface area contributed by atoms with Gasteiger partial charge in [-0.15, -0.1) is 0 Å². The number of benzene rings is 1. The highest BCUT2D eigenvalue weighted by molar-refractivity contribution is 9.09. The van der Waals surface area contributed by atoms with Gasteiger partial charge in [0.15, 0.2) is 11.6 Å². The van der Waals surface area contributed by atoms with Gasteiger partial charge in [-0.05, 0) is 36.5 Å². The predicted octanol–water partition coefficient (Wildman–Crippen LogP) is 3.59. The van der Waals surface area contributed by atoms with E-state index in [-0.39, 0.29) is 10.3 Å². The van der Waals surface area contributed by atoms with Crippen molar-refractivity contribution in [3.63, 3.8) is 0 Å². The first-order chi connectivity index (χ1) is 9.88. The monoisotopic (exact) mass is 381 g/mol. The van der Waals surface area contributed by atoms with E-state index in [2.05, 4.69) is 20.7 Å². The highest BCUT2D eigenvalue weighted by atomic mass is 79.9. The predicted molar refractivity (Wildman–Crippen MR) is 80.9 cm³/mol. The Hall–Kier alpha value is -0.530. The molecule has 1 aliphatic rings. The van der Waals surface area contributed by atoms with Crippen molar-refractivity contribution in [3.8, 4) is 0 Å². The summed E-state index contributed by atoms with van der Waals surface area (Å²) in [6.45, 7) is 0.305. The largest absolute Gasteiger partial charge is 0.240 e. The third-order valence-corrected chi connectivity index (χ3v) is 6.62. The van der Waals surface area contributed by atoms with Gasteiger partial charge in [0.05, 0.1) is 4.90 Å². The second-order valence-electron chi connectivity index (χ2n) is 5.59. The van der Waals surface area contributed by atoms with Crippen LogP contribution in [0.4, 0.5) is 8.78 Å². The molecule has 1 aromatic rings. The Morgan fingerprint density at radius 2 is 1.81 bits per heavy atom. The highest BCUT2D eigenvalue weighted by Gasteiger charge is 2.32. The summed E-state index contributed by atoms with van der Waals surface area (Å²) in [5.41, 5.74) is -0.0934. The lowest BCUT2D eigenvalue weighted by Crippen LogP contribution is -2.40. The van der Waals surface area contributed by atoms with Gasteiger partial charge in [0.2, 0.25) is 10.0 Å². The van der Waals surface area contributed by atoms with Crippen LogP contribution in [-0.2, 0) is 10.0 Å². The molecule has 0 spiro atoms. The quantitative estimate of drug-likeness (QED) is 0.792. The minimum atomic E-state index is -3.82. The molecule has 1 fully saturated rings. The summed E-state index contributed by atoms with van der Waals surface area (Å²) in [4.78, 5) is -0.248. The van der Waals surface area contributed by atoms with Gasteiger partial charge < -0.3 is 0 Å². The molecular formula is C14H18BrF2NO2S. The smallest absolute Gasteiger partial charge is 0.211 e. The van der Waals surface area contributed by atoms with Gasteiger partial charge in [-0.3, -0.25) is 0 Å². The molecule has 0 aromatic heterocycles. The average molecular weight is 382 g/mol. The van der Waals surface area contributed by atoms with Crippen molar-refractivity contribution >= 4 is 26.0 Å². The van der Waals surface area contributed by atoms with E-state index in [0.29, 0.717) is 12.6 Å². The maximum Gasteiger partial charge on any atom is 0.240 e. The third-order valence-electron chi connectivity index (χ3n) is 4.04. The first kappa shape index (κ1) is 16.8. The summed E-state index contributed by atoms with van der Waals surface area (Å²) in [5.74, 6) is -2.22. The molecule has 1 aromatic carbocycles. The van der Waals surface area contributed by atoms with Crippen LogP contribution in [0.5, 0.6) is 0 Å². The Labute approximate surface area is 132 Å². The first-order valence-corrected chi connectivity index (χ1v) is 9.50. The lowest BCUT2D eigenvalue weighted by Gasteiger charge is -2.35. The average Bonchev–Trinajstić information content (AvgIpc) is 2.49. The molecule has 118 valence electrons. The SMILES string of the molecule is O=S(=O)(NCC1(CBr)CCCCC1)c1ccc(F)c(F)c1. The summed E-state index contributed by atoms with van der Waals surface area (Å²) in [5, 5.41) is 0.723. The van der Waals surface area contributed by atoms with Crippen LogP contribution in [0, 0.1) is 17.0 Å². The molecule has 0 amide bonds. The number of alkyl halides is 1. The Kier molecular flexibility index (Phi) is 5.38. The molecule has 0 bridgehead atoms. The van der Waals surface area contributed by atoms with E-state index >= 15 is 0 Å². The van der Waals surface area contributed by atoms with E-state index < -0.39 is 21.7 Å². The molecule has 21 heavy (non-hydrogen) atoms. The van der Waals surface area contributed by atoms with Crippen molar-refractivity contribution in [1.82, 2.24) is 4.72 Å². The van der Waals surface area contributed by atoms with Crippen LogP contribution in [0.1, 0.15) is 32.1 Å². The van der Waals surface area contributed by atoms with E-state index in [9.17, 15) is 17.2 Å². The van der Waals surface area contributed by atoms with E-state index in [1.54, 1.807) is 0 Å². The number of rotatable bonds is 5. The van der Waals surface area contributed by atoms with Crippen molar-refractivity contribution in [2.45, 2.75) is 37.0 Å². The summed E-state index contributed by atoms with van der Waals surface area (Å²) < 4.78 is 53.0. The van der Waals surface area contributed by atoms with E-state index in [1.807, 2.05) is 0 Å². The number of hydrogen-bond donors (Lipinski definition) is 1. The standard InChI is InChI=1S/C14H18BrF2NO2S/c15-9-14(6-2-1-3-7-14)10-18-21(19,20)11-4-5-12(16)13(17)8-11/h4-5,8,18H,1-3,6-7,9-10H2. The molecule has 0 heterocycles. The molecule has 0 aliphatic heterocycles. The topological polar surface area (TPSA) is 46.2 Å². The van der Waals surface area contributed by atoms with E-state index in [1.165, 1.54) is 6.42 Å². The molecule has 0 radical (unpaired) electrons. The van der Waals surface area contributed by atoms with Crippen LogP contribution >= 0.6 is 15.9 Å². The normalized spacial score (nSPS) is 18.6. The van der Waals surface area contributed by atoms with E-state index in [0.717, 1.165) is 43.1 Å². The molecule has 3 nitrogen and oxygen atoms in total. The summed E-state index contributed by atoms with van der Waals surface area (Å²) in [6, 6.07) is 2.60. The molecule has 0 unspecified atom stereocenters. The first-order valence-electron chi connectivity index (χ1n) is 6.89. The molecule has 2 rings (SSSR count). The van der Waals surface area contributed by atoms with Gasteiger partial charge >= 0.3 is 0 Å².